The summed E-state index contributed by atoms with van der Waals surface area (Å²) in [5.74, 6) is 0.784. The average Bonchev–Trinajstić information content (AvgIpc) is 2.60. The van der Waals surface area contributed by atoms with Gasteiger partial charge in [0.15, 0.2) is 5.96 Å². The van der Waals surface area contributed by atoms with Crippen molar-refractivity contribution in [3.63, 3.8) is 0 Å². The molecule has 0 heterocycles. The third kappa shape index (κ3) is 10.7. The zero-order chi connectivity index (χ0) is 18.5. The van der Waals surface area contributed by atoms with E-state index in [4.69, 9.17) is 4.74 Å². The van der Waals surface area contributed by atoms with Gasteiger partial charge in [-0.15, -0.1) is 24.0 Å². The molecule has 0 aliphatic heterocycles. The van der Waals surface area contributed by atoms with Gasteiger partial charge < -0.3 is 25.0 Å². The number of methoxy groups -OCH3 is 1. The second-order valence-corrected chi connectivity index (χ2v) is 5.49. The lowest BCUT2D eigenvalue weighted by Crippen LogP contribution is -2.38. The Morgan fingerprint density at radius 3 is 2.62 bits per heavy atom. The number of hydrogen-bond acceptors (Lipinski definition) is 4. The third-order valence-electron chi connectivity index (χ3n) is 3.54. The van der Waals surface area contributed by atoms with Crippen molar-refractivity contribution in [1.29, 1.82) is 0 Å². The van der Waals surface area contributed by atoms with E-state index in [0.717, 1.165) is 26.1 Å². The van der Waals surface area contributed by atoms with E-state index < -0.39 is 6.61 Å². The van der Waals surface area contributed by atoms with Crippen LogP contribution in [0.4, 0.5) is 8.78 Å². The SMILES string of the molecule is CN=C(NCCCN(C)CCOC)NCc1ccccc1OC(F)F.I. The molecule has 0 aliphatic carbocycles. The van der Waals surface area contributed by atoms with Crippen LogP contribution in [0.3, 0.4) is 0 Å². The van der Waals surface area contributed by atoms with E-state index in [1.54, 1.807) is 32.4 Å². The summed E-state index contributed by atoms with van der Waals surface area (Å²) in [7, 11) is 5.41. The average molecular weight is 486 g/mol. The molecule has 6 nitrogen and oxygen atoms in total. The number of benzene rings is 1. The zero-order valence-electron chi connectivity index (χ0n) is 15.5. The maximum absolute atomic E-state index is 12.4. The minimum absolute atomic E-state index is 0. The van der Waals surface area contributed by atoms with Crippen molar-refractivity contribution in [3.05, 3.63) is 29.8 Å². The normalized spacial score (nSPS) is 11.4. The maximum Gasteiger partial charge on any atom is 0.387 e. The molecule has 0 aliphatic rings. The van der Waals surface area contributed by atoms with Crippen LogP contribution in [0.5, 0.6) is 5.75 Å². The summed E-state index contributed by atoms with van der Waals surface area (Å²) >= 11 is 0. The Balaban J connectivity index is 0.00000625. The van der Waals surface area contributed by atoms with Gasteiger partial charge in [-0.2, -0.15) is 8.78 Å². The molecule has 0 fully saturated rings. The van der Waals surface area contributed by atoms with Crippen LogP contribution in [-0.2, 0) is 11.3 Å². The first-order valence-electron chi connectivity index (χ1n) is 8.21. The highest BCUT2D eigenvalue weighted by Gasteiger charge is 2.09. The van der Waals surface area contributed by atoms with E-state index in [-0.39, 0.29) is 29.7 Å². The minimum atomic E-state index is -2.84. The largest absolute Gasteiger partial charge is 0.434 e. The second-order valence-electron chi connectivity index (χ2n) is 5.49. The lowest BCUT2D eigenvalue weighted by molar-refractivity contribution is -0.0504. The molecule has 0 radical (unpaired) electrons. The highest BCUT2D eigenvalue weighted by Crippen LogP contribution is 2.19. The summed E-state index contributed by atoms with van der Waals surface area (Å²) in [6, 6.07) is 6.70. The van der Waals surface area contributed by atoms with Crippen molar-refractivity contribution >= 4 is 29.9 Å². The predicted molar refractivity (Wildman–Crippen MR) is 111 cm³/mol. The molecule has 0 saturated carbocycles. The fraction of sp³-hybridized carbons (Fsp3) is 0.588. The summed E-state index contributed by atoms with van der Waals surface area (Å²) < 4.78 is 34.4. The number of likely N-dealkylation sites (N-methyl/N-ethyl adjacent to an activating group) is 1. The summed E-state index contributed by atoms with van der Waals surface area (Å²) in [6.45, 7) is 0.812. The predicted octanol–water partition coefficient (Wildman–Crippen LogP) is 2.54. The van der Waals surface area contributed by atoms with Crippen molar-refractivity contribution in [2.24, 2.45) is 4.99 Å². The number of hydrogen-bond donors (Lipinski definition) is 2. The van der Waals surface area contributed by atoms with Gasteiger partial charge in [-0.1, -0.05) is 18.2 Å². The van der Waals surface area contributed by atoms with E-state index >= 15 is 0 Å². The minimum Gasteiger partial charge on any atom is -0.434 e. The Hall–Kier alpha value is -1.20. The third-order valence-corrected chi connectivity index (χ3v) is 3.54. The van der Waals surface area contributed by atoms with Crippen LogP contribution in [0.1, 0.15) is 12.0 Å². The highest BCUT2D eigenvalue weighted by molar-refractivity contribution is 14.0. The fourth-order valence-electron chi connectivity index (χ4n) is 2.18. The van der Waals surface area contributed by atoms with E-state index in [2.05, 4.69) is 25.3 Å². The smallest absolute Gasteiger partial charge is 0.387 e. The molecule has 150 valence electrons. The van der Waals surface area contributed by atoms with Crippen LogP contribution < -0.4 is 15.4 Å². The van der Waals surface area contributed by atoms with E-state index in [1.165, 1.54) is 6.07 Å². The van der Waals surface area contributed by atoms with Gasteiger partial charge >= 0.3 is 6.61 Å². The molecule has 0 aromatic heterocycles. The van der Waals surface area contributed by atoms with Crippen LogP contribution in [0.25, 0.3) is 0 Å². The first-order valence-corrected chi connectivity index (χ1v) is 8.21. The number of guanidine groups is 1. The standard InChI is InChI=1S/C17H28F2N4O2.HI/c1-20-17(21-9-6-10-23(2)11-12-24-3)22-13-14-7-4-5-8-15(14)25-16(18)19;/h4-5,7-8,16H,6,9-13H2,1-3H3,(H2,20,21,22);1H. The number of nitrogens with one attached hydrogen (secondary N) is 2. The van der Waals surface area contributed by atoms with Crippen LogP contribution >= 0.6 is 24.0 Å². The molecular weight excluding hydrogens is 457 g/mol. The van der Waals surface area contributed by atoms with Crippen LogP contribution in [-0.4, -0.2) is 64.9 Å². The van der Waals surface area contributed by atoms with Gasteiger partial charge in [0.05, 0.1) is 6.61 Å². The Morgan fingerprint density at radius 2 is 1.96 bits per heavy atom. The molecule has 1 aromatic carbocycles. The van der Waals surface area contributed by atoms with Crippen LogP contribution in [0.2, 0.25) is 0 Å². The van der Waals surface area contributed by atoms with Crippen molar-refractivity contribution in [2.75, 3.05) is 47.4 Å². The molecule has 0 saturated heterocycles. The van der Waals surface area contributed by atoms with Gasteiger partial charge in [0.1, 0.15) is 5.75 Å². The molecule has 0 spiro atoms. The molecule has 0 amide bonds. The number of aliphatic imine (C=N–C) groups is 1. The Bertz CT molecular complexity index is 521. The molecule has 26 heavy (non-hydrogen) atoms. The summed E-state index contributed by atoms with van der Waals surface area (Å²) in [5, 5.41) is 6.31. The second kappa shape index (κ2) is 14.9. The first-order chi connectivity index (χ1) is 12.1. The Morgan fingerprint density at radius 1 is 1.23 bits per heavy atom. The van der Waals surface area contributed by atoms with Crippen molar-refractivity contribution in [2.45, 2.75) is 19.6 Å². The fourth-order valence-corrected chi connectivity index (χ4v) is 2.18. The van der Waals surface area contributed by atoms with E-state index in [1.807, 2.05) is 7.05 Å². The molecule has 0 atom stereocenters. The van der Waals surface area contributed by atoms with E-state index in [0.29, 0.717) is 24.7 Å². The molecule has 9 heteroatoms. The molecule has 2 N–H and O–H groups in total. The molecule has 0 unspecified atom stereocenters. The van der Waals surface area contributed by atoms with Crippen LogP contribution in [0.15, 0.2) is 29.3 Å². The number of nitrogens with zero attached hydrogens (tertiary/aromatic N) is 2. The molecular formula is C17H29F2IN4O2. The van der Waals surface area contributed by atoms with Gasteiger partial charge in [0.25, 0.3) is 0 Å². The maximum atomic E-state index is 12.4. The molecule has 1 aromatic rings. The van der Waals surface area contributed by atoms with Crippen LogP contribution in [0, 0.1) is 0 Å². The van der Waals surface area contributed by atoms with Gasteiger partial charge in [-0.05, 0) is 26.1 Å². The zero-order valence-corrected chi connectivity index (χ0v) is 17.8. The first kappa shape index (κ1) is 24.8. The topological polar surface area (TPSA) is 58.1 Å². The van der Waals surface area contributed by atoms with Gasteiger partial charge in [-0.3, -0.25) is 4.99 Å². The lowest BCUT2D eigenvalue weighted by Gasteiger charge is -2.17. The Labute approximate surface area is 171 Å². The molecule has 0 bridgehead atoms. The monoisotopic (exact) mass is 486 g/mol. The van der Waals surface area contributed by atoms with Gasteiger partial charge in [0.2, 0.25) is 0 Å². The number of para-hydroxylation sites is 1. The number of ether oxygens (including phenoxy) is 2. The van der Waals surface area contributed by atoms with Crippen molar-refractivity contribution < 1.29 is 18.3 Å². The van der Waals surface area contributed by atoms with Gasteiger partial charge in [0, 0.05) is 39.4 Å². The number of rotatable bonds is 11. The summed E-state index contributed by atoms with van der Waals surface area (Å²) in [6.07, 6.45) is 0.950. The summed E-state index contributed by atoms with van der Waals surface area (Å²) in [5.41, 5.74) is 0.644. The number of halogens is 3. The van der Waals surface area contributed by atoms with E-state index in [9.17, 15) is 8.78 Å². The quantitative estimate of drug-likeness (QED) is 0.218. The van der Waals surface area contributed by atoms with Crippen molar-refractivity contribution in [3.8, 4) is 5.75 Å². The highest BCUT2D eigenvalue weighted by atomic mass is 127. The summed E-state index contributed by atoms with van der Waals surface area (Å²) in [4.78, 5) is 6.33. The Kier molecular flexibility index (Phi) is 14.2. The molecule has 1 rings (SSSR count). The van der Waals surface area contributed by atoms with Crippen molar-refractivity contribution in [1.82, 2.24) is 15.5 Å². The lowest BCUT2D eigenvalue weighted by atomic mass is 10.2. The number of alkyl halides is 2. The van der Waals surface area contributed by atoms with Gasteiger partial charge in [-0.25, -0.2) is 0 Å².